The van der Waals surface area contributed by atoms with E-state index in [9.17, 15) is 19.7 Å². The molecule has 368 valence electrons. The van der Waals surface area contributed by atoms with E-state index in [0.717, 1.165) is 40.2 Å². The predicted molar refractivity (Wildman–Crippen MR) is 277 cm³/mol. The van der Waals surface area contributed by atoms with Crippen LogP contribution in [-0.4, -0.2) is 101 Å². The molecule has 0 bridgehead atoms. The number of nitrogens with two attached hydrogens (primary N) is 2. The van der Waals surface area contributed by atoms with Crippen molar-refractivity contribution in [2.24, 2.45) is 7.05 Å². The number of aromatic nitrogens is 7. The molecular weight excluding hydrogens is 932 g/mol. The summed E-state index contributed by atoms with van der Waals surface area (Å²) in [7, 11) is 14.6. The Bertz CT molecular complexity index is 3050. The molecule has 71 heavy (non-hydrogen) atoms. The van der Waals surface area contributed by atoms with Gasteiger partial charge in [0.15, 0.2) is 0 Å². The summed E-state index contributed by atoms with van der Waals surface area (Å²) in [5.41, 5.74) is 16.5. The van der Waals surface area contributed by atoms with Gasteiger partial charge >= 0.3 is 0 Å². The number of carbonyl (C=O) groups excluding carboxylic acids is 2. The zero-order valence-electron chi connectivity index (χ0n) is 40.1. The van der Waals surface area contributed by atoms with Crippen molar-refractivity contribution in [3.8, 4) is 23.0 Å². The highest BCUT2D eigenvalue weighted by Crippen LogP contribution is 2.30. The first-order chi connectivity index (χ1) is 34.0. The second-order valence-corrected chi connectivity index (χ2v) is 15.5. The molecule has 2 aromatic carbocycles. The summed E-state index contributed by atoms with van der Waals surface area (Å²) in [5, 5.41) is 21.6. The highest BCUT2D eigenvalue weighted by Gasteiger charge is 2.13. The van der Waals surface area contributed by atoms with Crippen molar-refractivity contribution in [2.45, 2.75) is 0 Å². The van der Waals surface area contributed by atoms with Crippen LogP contribution in [0.2, 0.25) is 5.15 Å². The van der Waals surface area contributed by atoms with E-state index in [1.807, 2.05) is 98.1 Å². The van der Waals surface area contributed by atoms with Crippen molar-refractivity contribution < 1.29 is 24.0 Å². The first-order valence-corrected chi connectivity index (χ1v) is 21.7. The number of fused-ring (bicyclic) bond motifs is 1. The van der Waals surface area contributed by atoms with Gasteiger partial charge in [-0.3, -0.25) is 29.7 Å². The largest absolute Gasteiger partial charge is 0.457 e. The maximum Gasteiger partial charge on any atom is 0.287 e. The van der Waals surface area contributed by atoms with Crippen LogP contribution in [0.3, 0.4) is 0 Å². The lowest BCUT2D eigenvalue weighted by Crippen LogP contribution is -2.18. The third-order valence-electron chi connectivity index (χ3n) is 9.61. The number of hydrogen-bond donors (Lipinski definition) is 6. The maximum atomic E-state index is 11.8. The molecular formula is C48H53ClN16O6. The number of nitrogens with zero attached hydrogens (tertiary/aromatic N) is 10. The average Bonchev–Trinajstić information content (AvgIpc) is 3.67. The van der Waals surface area contributed by atoms with E-state index < -0.39 is 4.92 Å². The van der Waals surface area contributed by atoms with E-state index in [1.54, 1.807) is 69.9 Å². The highest BCUT2D eigenvalue weighted by atomic mass is 35.5. The highest BCUT2D eigenvalue weighted by molar-refractivity contribution is 6.29. The Morgan fingerprint density at radius 1 is 0.676 bits per heavy atom. The number of hydrogen-bond acceptors (Lipinski definition) is 18. The molecule has 22 nitrogen and oxygen atoms in total. The fourth-order valence-electron chi connectivity index (χ4n) is 5.90. The third-order valence-corrected chi connectivity index (χ3v) is 9.84. The van der Waals surface area contributed by atoms with Crippen molar-refractivity contribution in [1.29, 1.82) is 0 Å². The Hall–Kier alpha value is -9.31. The second-order valence-electron chi connectivity index (χ2n) is 15.1. The second kappa shape index (κ2) is 25.2. The van der Waals surface area contributed by atoms with Gasteiger partial charge in [0, 0.05) is 99.1 Å². The van der Waals surface area contributed by atoms with Crippen LogP contribution in [0.4, 0.5) is 46.0 Å². The summed E-state index contributed by atoms with van der Waals surface area (Å²) in [4.78, 5) is 61.4. The first kappa shape index (κ1) is 52.7. The van der Waals surface area contributed by atoms with E-state index in [0.29, 0.717) is 51.7 Å². The Labute approximate surface area is 414 Å². The van der Waals surface area contributed by atoms with Crippen LogP contribution in [0.15, 0.2) is 128 Å². The van der Waals surface area contributed by atoms with Crippen LogP contribution in [-0.2, 0) is 7.05 Å². The standard InChI is InChI=1S/C22H23N7O2.C14H16N4O2.C7H11N3.C5H3ClN2O2/c1-23-21(30)18-12-16(9-10-24-18)31-15-6-7-19-17(11-15)27-22(29(19)4)26-14-5-8-20(25-13-14)28(2)3;1-16-12-4-3-9(7-11(12)15)20-10-5-6-18-13(8-10)14(19)17-2;1-10(2)7-4-3-6(8)5-9-7;6-5-2-1-4(3-7-5)8(9)10/h5-13H,1-4H3,(H,23,30)(H,26,27);3-8,16H,15H2,1-2H3,(H,17,19);3-5H,8H2,1-2H3;1-3H. The molecule has 0 radical (unpaired) electrons. The molecule has 0 fully saturated rings. The Balaban J connectivity index is 0.000000199. The fourth-order valence-corrected chi connectivity index (χ4v) is 6.02. The summed E-state index contributed by atoms with van der Waals surface area (Å²) in [6, 6.07) is 27.8. The molecule has 0 aliphatic heterocycles. The molecule has 0 unspecified atom stereocenters. The number of imidazole rings is 1. The number of aryl methyl sites for hydroxylation is 1. The Morgan fingerprint density at radius 2 is 1.24 bits per heavy atom. The van der Waals surface area contributed by atoms with Gasteiger partial charge in [0.05, 0.1) is 51.1 Å². The van der Waals surface area contributed by atoms with Gasteiger partial charge in [-0.05, 0) is 66.7 Å². The van der Waals surface area contributed by atoms with Gasteiger partial charge in [-0.25, -0.2) is 19.9 Å². The topological polar surface area (TPSA) is 285 Å². The summed E-state index contributed by atoms with van der Waals surface area (Å²) in [6.07, 6.45) is 7.59. The first-order valence-electron chi connectivity index (χ1n) is 21.3. The molecule has 23 heteroatoms. The van der Waals surface area contributed by atoms with Gasteiger partial charge in [0.2, 0.25) is 5.95 Å². The van der Waals surface area contributed by atoms with Gasteiger partial charge in [-0.1, -0.05) is 11.6 Å². The van der Waals surface area contributed by atoms with Gasteiger partial charge in [-0.2, -0.15) is 0 Å². The van der Waals surface area contributed by atoms with Crippen LogP contribution in [0.25, 0.3) is 11.0 Å². The summed E-state index contributed by atoms with van der Waals surface area (Å²) in [5.74, 6) is 4.22. The number of nitro groups is 1. The molecule has 0 saturated carbocycles. The van der Waals surface area contributed by atoms with Gasteiger partial charge < -0.3 is 56.6 Å². The molecule has 6 aromatic heterocycles. The zero-order valence-corrected chi connectivity index (χ0v) is 40.8. The molecule has 6 heterocycles. The molecule has 8 aromatic rings. The number of pyridine rings is 5. The normalized spacial score (nSPS) is 10.1. The predicted octanol–water partition coefficient (Wildman–Crippen LogP) is 7.56. The smallest absolute Gasteiger partial charge is 0.287 e. The lowest BCUT2D eigenvalue weighted by Gasteiger charge is -2.12. The number of halogens is 1. The number of amides is 2. The summed E-state index contributed by atoms with van der Waals surface area (Å²) in [6.45, 7) is 0. The van der Waals surface area contributed by atoms with Gasteiger partial charge in [-0.15, -0.1) is 0 Å². The molecule has 0 aliphatic rings. The number of ether oxygens (including phenoxy) is 2. The number of benzene rings is 2. The van der Waals surface area contributed by atoms with E-state index in [1.165, 1.54) is 24.5 Å². The average molecular weight is 986 g/mol. The molecule has 0 aliphatic carbocycles. The van der Waals surface area contributed by atoms with Crippen LogP contribution >= 0.6 is 11.6 Å². The van der Waals surface area contributed by atoms with Crippen LogP contribution < -0.4 is 52.0 Å². The van der Waals surface area contributed by atoms with E-state index in [-0.39, 0.29) is 22.7 Å². The van der Waals surface area contributed by atoms with Gasteiger partial charge in [0.25, 0.3) is 17.5 Å². The van der Waals surface area contributed by atoms with Crippen molar-refractivity contribution in [3.63, 3.8) is 0 Å². The van der Waals surface area contributed by atoms with Crippen LogP contribution in [0, 0.1) is 10.1 Å². The lowest BCUT2D eigenvalue weighted by atomic mass is 10.2. The molecule has 0 saturated heterocycles. The molecule has 0 atom stereocenters. The fraction of sp³-hybridized carbons (Fsp3) is 0.167. The monoisotopic (exact) mass is 984 g/mol. The minimum atomic E-state index is -0.524. The lowest BCUT2D eigenvalue weighted by molar-refractivity contribution is -0.385. The molecule has 8 N–H and O–H groups in total. The van der Waals surface area contributed by atoms with Gasteiger partial charge in [0.1, 0.15) is 57.4 Å². The molecule has 0 spiro atoms. The van der Waals surface area contributed by atoms with Crippen molar-refractivity contribution in [1.82, 2.24) is 45.1 Å². The molecule has 2 amide bonds. The van der Waals surface area contributed by atoms with E-state index in [2.05, 4.69) is 51.2 Å². The zero-order chi connectivity index (χ0) is 51.6. The van der Waals surface area contributed by atoms with Crippen LogP contribution in [0.5, 0.6) is 23.0 Å². The SMILES string of the molecule is CN(C)c1ccc(N)cn1.CNC(=O)c1cc(Oc2ccc(NC)c(N)c2)ccn1.CNC(=O)c1cc(Oc2ccc3c(c2)nc(Nc2ccc(N(C)C)nc2)n3C)ccn1.O=[N+]([O-])c1ccc(Cl)nc1. The number of carbonyl (C=O) groups is 2. The van der Waals surface area contributed by atoms with Crippen LogP contribution in [0.1, 0.15) is 21.0 Å². The molecule has 8 rings (SSSR count). The third kappa shape index (κ3) is 15.4. The Morgan fingerprint density at radius 3 is 1.72 bits per heavy atom. The number of anilines is 7. The summed E-state index contributed by atoms with van der Waals surface area (Å²) >= 11 is 5.38. The van der Waals surface area contributed by atoms with Crippen molar-refractivity contribution in [3.05, 3.63) is 155 Å². The minimum Gasteiger partial charge on any atom is -0.457 e. The van der Waals surface area contributed by atoms with Crippen molar-refractivity contribution >= 4 is 80.5 Å². The summed E-state index contributed by atoms with van der Waals surface area (Å²) < 4.78 is 13.6. The van der Waals surface area contributed by atoms with E-state index in [4.69, 9.17) is 32.5 Å². The quantitative estimate of drug-likeness (QED) is 0.0298. The van der Waals surface area contributed by atoms with E-state index >= 15 is 0 Å². The maximum absolute atomic E-state index is 11.8. The van der Waals surface area contributed by atoms with Crippen molar-refractivity contribution in [2.75, 3.05) is 81.2 Å². The minimum absolute atomic E-state index is 0.0515. The number of nitrogens with one attached hydrogen (secondary N) is 4. The number of nitrogen functional groups attached to an aromatic ring is 2. The Kier molecular flexibility index (Phi) is 18.7. The number of rotatable bonds is 12.